The molecule has 1 saturated heterocycles. The highest BCUT2D eigenvalue weighted by Crippen LogP contribution is 2.46. The van der Waals surface area contributed by atoms with Crippen LogP contribution < -0.4 is 9.47 Å². The van der Waals surface area contributed by atoms with E-state index in [1.165, 1.54) is 18.1 Å². The molecule has 1 aromatic heterocycles. The van der Waals surface area contributed by atoms with Crippen LogP contribution in [0.1, 0.15) is 69.0 Å². The van der Waals surface area contributed by atoms with Crippen molar-refractivity contribution < 1.29 is 49.0 Å². The van der Waals surface area contributed by atoms with E-state index in [0.717, 1.165) is 47.7 Å². The summed E-state index contributed by atoms with van der Waals surface area (Å²) >= 11 is 0. The molecule has 0 radical (unpaired) electrons. The number of fused-ring (bicyclic) bond motifs is 3. The third-order valence-electron chi connectivity index (χ3n) is 10.8. The normalized spacial score (nSPS) is 23.2. The molecule has 5 unspecified atom stereocenters. The van der Waals surface area contributed by atoms with Gasteiger partial charge in [0, 0.05) is 40.8 Å². The van der Waals surface area contributed by atoms with Gasteiger partial charge in [-0.2, -0.15) is 0 Å². The highest BCUT2D eigenvalue weighted by atomic mass is 16.7. The number of nitrogens with one attached hydrogen (secondary N) is 1. The van der Waals surface area contributed by atoms with Gasteiger partial charge in [0.15, 0.2) is 5.78 Å². The average molecular weight is 723 g/mol. The summed E-state index contributed by atoms with van der Waals surface area (Å²) < 4.78 is 23.8. The highest BCUT2D eigenvalue weighted by molar-refractivity contribution is 6.11. The molecular formula is C41H42N2O10. The molecule has 1 aliphatic carbocycles. The van der Waals surface area contributed by atoms with Crippen LogP contribution in [0.15, 0.2) is 72.9 Å². The number of nitrogens with zero attached hydrogens (tertiary/aromatic N) is 1. The van der Waals surface area contributed by atoms with Gasteiger partial charge in [-0.05, 0) is 59.5 Å². The quantitative estimate of drug-likeness (QED) is 0.118. The number of para-hydroxylation sites is 1. The fourth-order valence-electron chi connectivity index (χ4n) is 8.05. The summed E-state index contributed by atoms with van der Waals surface area (Å²) in [6, 6.07) is 20.1. The second-order valence-corrected chi connectivity index (χ2v) is 14.1. The molecule has 276 valence electrons. The first kappa shape index (κ1) is 35.1. The van der Waals surface area contributed by atoms with Gasteiger partial charge in [0.05, 0.1) is 37.8 Å². The number of phenolic OH excluding ortho intramolecular Hbond substituents is 1. The van der Waals surface area contributed by atoms with E-state index in [-0.39, 0.29) is 60.6 Å². The van der Waals surface area contributed by atoms with Gasteiger partial charge < -0.3 is 49.3 Å². The predicted octanol–water partition coefficient (Wildman–Crippen LogP) is 4.93. The molecule has 2 fully saturated rings. The Hall–Kier alpha value is -4.98. The van der Waals surface area contributed by atoms with E-state index >= 15 is 0 Å². The van der Waals surface area contributed by atoms with Crippen molar-refractivity contribution >= 4 is 33.4 Å². The Kier molecular flexibility index (Phi) is 9.56. The fourth-order valence-corrected chi connectivity index (χ4v) is 8.05. The van der Waals surface area contributed by atoms with Crippen molar-refractivity contribution in [3.05, 3.63) is 101 Å². The standard InChI is InChI=1S/C41H42N2O10/c1-50-26-14-24-15-29(22-8-2-3-9-22)35(31(44)19-43-18-23-10-4-5-12-28(23)40(43)49)37(46)34(24)32(16-26)52-41-39(48)38(47)36(45)33(53-41)21-51-20-25-17-42-30-13-7-6-11-27(25)30/h4-7,10-17,22,33,36,38-39,41-42,45-48H,2-3,8-9,18-21H2,1H3. The summed E-state index contributed by atoms with van der Waals surface area (Å²) in [5.74, 6) is -0.534. The molecule has 1 amide bonds. The maximum absolute atomic E-state index is 14.2. The topological polar surface area (TPSA) is 171 Å². The number of methoxy groups -OCH3 is 1. The van der Waals surface area contributed by atoms with Gasteiger partial charge in [0.25, 0.3) is 5.91 Å². The van der Waals surface area contributed by atoms with Crippen molar-refractivity contribution in [3.63, 3.8) is 0 Å². The van der Waals surface area contributed by atoms with Crippen LogP contribution in [0.3, 0.4) is 0 Å². The SMILES string of the molecule is COc1cc(OC2OC(COCc3c[nH]c4ccccc34)C(O)C(O)C2O)c2c(O)c(C(=O)CN3Cc4ccccc4C3=O)c(C3CCCC3)cc2c1. The molecule has 0 spiro atoms. The van der Waals surface area contributed by atoms with Crippen LogP contribution in [0.4, 0.5) is 0 Å². The van der Waals surface area contributed by atoms with Gasteiger partial charge in [-0.25, -0.2) is 0 Å². The second kappa shape index (κ2) is 14.4. The third-order valence-corrected chi connectivity index (χ3v) is 10.8. The van der Waals surface area contributed by atoms with Crippen molar-refractivity contribution in [1.82, 2.24) is 9.88 Å². The van der Waals surface area contributed by atoms with E-state index in [0.29, 0.717) is 22.3 Å². The second-order valence-electron chi connectivity index (χ2n) is 14.1. The van der Waals surface area contributed by atoms with Crippen molar-refractivity contribution in [2.45, 2.75) is 75.5 Å². The number of hydrogen-bond donors (Lipinski definition) is 5. The molecule has 3 heterocycles. The Bertz CT molecular complexity index is 2180. The molecule has 5 N–H and O–H groups in total. The molecular weight excluding hydrogens is 680 g/mol. The lowest BCUT2D eigenvalue weighted by Crippen LogP contribution is -2.60. The molecule has 53 heavy (non-hydrogen) atoms. The van der Waals surface area contributed by atoms with Gasteiger partial charge in [-0.15, -0.1) is 0 Å². The summed E-state index contributed by atoms with van der Waals surface area (Å²) in [4.78, 5) is 32.1. The Morgan fingerprint density at radius 1 is 0.981 bits per heavy atom. The van der Waals surface area contributed by atoms with Gasteiger partial charge in [0.2, 0.25) is 6.29 Å². The number of Topliss-reactive ketones (excluding diaryl/α,β-unsaturated/α-hetero) is 1. The van der Waals surface area contributed by atoms with Crippen LogP contribution in [-0.4, -0.2) is 93.0 Å². The monoisotopic (exact) mass is 722 g/mol. The van der Waals surface area contributed by atoms with E-state index < -0.39 is 36.5 Å². The van der Waals surface area contributed by atoms with Crippen LogP contribution in [0.2, 0.25) is 0 Å². The van der Waals surface area contributed by atoms with Gasteiger partial charge in [-0.1, -0.05) is 49.2 Å². The molecule has 4 aromatic carbocycles. The molecule has 0 bridgehead atoms. The van der Waals surface area contributed by atoms with E-state index in [4.69, 9.17) is 18.9 Å². The minimum Gasteiger partial charge on any atom is -0.506 e. The Morgan fingerprint density at radius 2 is 1.75 bits per heavy atom. The highest BCUT2D eigenvalue weighted by Gasteiger charge is 2.45. The molecule has 2 aliphatic heterocycles. The Labute approximate surface area is 305 Å². The van der Waals surface area contributed by atoms with Crippen molar-refractivity contribution in [3.8, 4) is 17.2 Å². The zero-order valence-electron chi connectivity index (χ0n) is 29.2. The number of aromatic nitrogens is 1. The van der Waals surface area contributed by atoms with E-state index in [2.05, 4.69) is 4.98 Å². The van der Waals surface area contributed by atoms with Crippen molar-refractivity contribution in [2.24, 2.45) is 0 Å². The number of aliphatic hydroxyl groups excluding tert-OH is 3. The molecule has 5 atom stereocenters. The Balaban J connectivity index is 1.10. The van der Waals surface area contributed by atoms with E-state index in [9.17, 15) is 30.0 Å². The average Bonchev–Trinajstić information content (AvgIpc) is 3.92. The van der Waals surface area contributed by atoms with Crippen LogP contribution in [-0.2, 0) is 22.6 Å². The summed E-state index contributed by atoms with van der Waals surface area (Å²) in [5, 5.41) is 46.6. The maximum Gasteiger partial charge on any atom is 0.254 e. The molecule has 5 aromatic rings. The van der Waals surface area contributed by atoms with Gasteiger partial charge >= 0.3 is 0 Å². The number of carbonyl (C=O) groups excluding carboxylic acids is 2. The summed E-state index contributed by atoms with van der Waals surface area (Å²) in [6.45, 7) is 0.131. The zero-order chi connectivity index (χ0) is 36.8. The smallest absolute Gasteiger partial charge is 0.254 e. The number of ketones is 1. The molecule has 12 heteroatoms. The van der Waals surface area contributed by atoms with E-state index in [1.54, 1.807) is 18.2 Å². The first-order chi connectivity index (χ1) is 25.7. The minimum absolute atomic E-state index is 0.0245. The van der Waals surface area contributed by atoms with Gasteiger partial charge in [-0.3, -0.25) is 9.59 Å². The largest absolute Gasteiger partial charge is 0.506 e. The lowest BCUT2D eigenvalue weighted by atomic mass is 9.87. The molecule has 12 nitrogen and oxygen atoms in total. The number of amides is 1. The number of hydrogen-bond acceptors (Lipinski definition) is 10. The number of rotatable bonds is 11. The van der Waals surface area contributed by atoms with Crippen molar-refractivity contribution in [1.29, 1.82) is 0 Å². The van der Waals surface area contributed by atoms with E-state index in [1.807, 2.05) is 48.7 Å². The molecule has 1 saturated carbocycles. The van der Waals surface area contributed by atoms with Crippen LogP contribution in [0.25, 0.3) is 21.7 Å². The predicted molar refractivity (Wildman–Crippen MR) is 194 cm³/mol. The first-order valence-corrected chi connectivity index (χ1v) is 18.0. The minimum atomic E-state index is -1.68. The number of aromatic hydroxyl groups is 1. The maximum atomic E-state index is 14.2. The molecule has 3 aliphatic rings. The lowest BCUT2D eigenvalue weighted by molar-refractivity contribution is -0.280. The summed E-state index contributed by atoms with van der Waals surface area (Å²) in [6.07, 6.45) is -1.89. The first-order valence-electron chi connectivity index (χ1n) is 18.0. The van der Waals surface area contributed by atoms with Crippen molar-refractivity contribution in [2.75, 3.05) is 20.3 Å². The number of aliphatic hydroxyl groups is 3. The van der Waals surface area contributed by atoms with Crippen LogP contribution in [0.5, 0.6) is 17.2 Å². The fraction of sp³-hybridized carbons (Fsp3) is 0.366. The molecule has 8 rings (SSSR count). The number of phenols is 1. The number of benzene rings is 4. The lowest BCUT2D eigenvalue weighted by Gasteiger charge is -2.40. The van der Waals surface area contributed by atoms with Crippen LogP contribution >= 0.6 is 0 Å². The number of ether oxygens (including phenoxy) is 4. The zero-order valence-corrected chi connectivity index (χ0v) is 29.2. The van der Waals surface area contributed by atoms with Gasteiger partial charge in [0.1, 0.15) is 41.7 Å². The number of carbonyl (C=O) groups is 2. The number of aromatic amines is 1. The third kappa shape index (κ3) is 6.51. The van der Waals surface area contributed by atoms with Crippen LogP contribution in [0, 0.1) is 0 Å². The Morgan fingerprint density at radius 3 is 2.55 bits per heavy atom. The summed E-state index contributed by atoms with van der Waals surface area (Å²) in [7, 11) is 1.48. The summed E-state index contributed by atoms with van der Waals surface area (Å²) in [5.41, 5.74) is 4.07. The number of H-pyrrole nitrogens is 1.